The van der Waals surface area contributed by atoms with Crippen LogP contribution in [0.4, 0.5) is 0 Å². The van der Waals surface area contributed by atoms with Crippen LogP contribution in [0.1, 0.15) is 16.1 Å². The molecule has 0 radical (unpaired) electrons. The molecule has 0 spiro atoms. The van der Waals surface area contributed by atoms with E-state index in [0.717, 1.165) is 26.7 Å². The molecule has 1 aromatic carbocycles. The van der Waals surface area contributed by atoms with Crippen molar-refractivity contribution in [3.63, 3.8) is 0 Å². The molecule has 0 saturated heterocycles. The van der Waals surface area contributed by atoms with Gasteiger partial charge in [-0.3, -0.25) is 4.79 Å². The van der Waals surface area contributed by atoms with E-state index in [9.17, 15) is 4.79 Å². The standard InChI is InChI=1S/C15H14N4OS/c1-9-14(18-19-17-9)13-8-7-12(21-13)10-3-5-11(6-4-10)15(20)16-2/h3-8H,1-2H3,(H,16,20)(H,17,18,19). The number of nitrogens with zero attached hydrogens (tertiary/aromatic N) is 2. The predicted octanol–water partition coefficient (Wildman–Crippen LogP) is 2.87. The van der Waals surface area contributed by atoms with E-state index >= 15 is 0 Å². The van der Waals surface area contributed by atoms with Gasteiger partial charge in [-0.05, 0) is 36.8 Å². The first kappa shape index (κ1) is 13.5. The molecule has 0 unspecified atom stereocenters. The van der Waals surface area contributed by atoms with Gasteiger partial charge in [0.05, 0.1) is 10.6 Å². The number of carbonyl (C=O) groups excluding carboxylic acids is 1. The molecule has 0 aliphatic heterocycles. The zero-order valence-corrected chi connectivity index (χ0v) is 12.5. The fourth-order valence-corrected chi connectivity index (χ4v) is 3.12. The Hall–Kier alpha value is -2.47. The molecule has 106 valence electrons. The number of nitrogens with one attached hydrogen (secondary N) is 2. The first-order chi connectivity index (χ1) is 10.2. The van der Waals surface area contributed by atoms with E-state index in [1.807, 2.05) is 37.3 Å². The molecule has 1 amide bonds. The molecule has 0 fully saturated rings. The minimum absolute atomic E-state index is 0.0772. The van der Waals surface area contributed by atoms with Crippen LogP contribution in [-0.2, 0) is 0 Å². The molecule has 5 nitrogen and oxygen atoms in total. The van der Waals surface area contributed by atoms with Crippen molar-refractivity contribution in [1.82, 2.24) is 20.7 Å². The lowest BCUT2D eigenvalue weighted by molar-refractivity contribution is 0.0963. The van der Waals surface area contributed by atoms with Gasteiger partial charge in [-0.25, -0.2) is 0 Å². The summed E-state index contributed by atoms with van der Waals surface area (Å²) in [6.45, 7) is 1.93. The first-order valence-corrected chi connectivity index (χ1v) is 7.31. The van der Waals surface area contributed by atoms with E-state index in [1.165, 1.54) is 0 Å². The number of thiophene rings is 1. The number of aromatic amines is 1. The van der Waals surface area contributed by atoms with Gasteiger partial charge in [0, 0.05) is 17.5 Å². The Kier molecular flexibility index (Phi) is 3.53. The lowest BCUT2D eigenvalue weighted by Crippen LogP contribution is -2.17. The number of hydrogen-bond acceptors (Lipinski definition) is 4. The van der Waals surface area contributed by atoms with E-state index in [1.54, 1.807) is 18.4 Å². The van der Waals surface area contributed by atoms with Crippen LogP contribution >= 0.6 is 11.3 Å². The van der Waals surface area contributed by atoms with Crippen molar-refractivity contribution in [2.75, 3.05) is 7.05 Å². The van der Waals surface area contributed by atoms with Gasteiger partial charge in [-0.15, -0.1) is 11.3 Å². The zero-order chi connectivity index (χ0) is 14.8. The van der Waals surface area contributed by atoms with E-state index < -0.39 is 0 Å². The van der Waals surface area contributed by atoms with Crippen molar-refractivity contribution in [3.8, 4) is 21.0 Å². The molecular weight excluding hydrogens is 284 g/mol. The number of aryl methyl sites for hydroxylation is 1. The molecule has 2 aromatic heterocycles. The summed E-state index contributed by atoms with van der Waals surface area (Å²) < 4.78 is 0. The zero-order valence-electron chi connectivity index (χ0n) is 11.7. The van der Waals surface area contributed by atoms with Gasteiger partial charge in [0.25, 0.3) is 5.91 Å². The second kappa shape index (κ2) is 5.49. The fourth-order valence-electron chi connectivity index (χ4n) is 2.07. The monoisotopic (exact) mass is 298 g/mol. The van der Waals surface area contributed by atoms with Crippen LogP contribution in [0.2, 0.25) is 0 Å². The maximum absolute atomic E-state index is 11.5. The minimum Gasteiger partial charge on any atom is -0.355 e. The predicted molar refractivity (Wildman–Crippen MR) is 83.3 cm³/mol. The highest BCUT2D eigenvalue weighted by molar-refractivity contribution is 7.18. The van der Waals surface area contributed by atoms with Crippen molar-refractivity contribution in [1.29, 1.82) is 0 Å². The van der Waals surface area contributed by atoms with E-state index in [0.29, 0.717) is 5.56 Å². The highest BCUT2D eigenvalue weighted by atomic mass is 32.1. The van der Waals surface area contributed by atoms with Crippen LogP contribution < -0.4 is 5.32 Å². The number of carbonyl (C=O) groups is 1. The molecule has 0 bridgehead atoms. The van der Waals surface area contributed by atoms with E-state index in [4.69, 9.17) is 0 Å². The molecule has 3 rings (SSSR count). The summed E-state index contributed by atoms with van der Waals surface area (Å²) in [4.78, 5) is 13.7. The molecule has 2 N–H and O–H groups in total. The van der Waals surface area contributed by atoms with Crippen LogP contribution in [0.5, 0.6) is 0 Å². The second-order valence-electron chi connectivity index (χ2n) is 4.58. The molecule has 0 saturated carbocycles. The topological polar surface area (TPSA) is 70.7 Å². The average molecular weight is 298 g/mol. The number of H-pyrrole nitrogens is 1. The molecule has 0 atom stereocenters. The SMILES string of the molecule is CNC(=O)c1ccc(-c2ccc(-c3n[nH]nc3C)s2)cc1. The van der Waals surface area contributed by atoms with Crippen molar-refractivity contribution in [2.24, 2.45) is 0 Å². The summed E-state index contributed by atoms with van der Waals surface area (Å²) in [5.74, 6) is -0.0772. The van der Waals surface area contributed by atoms with Gasteiger partial charge in [0.2, 0.25) is 0 Å². The number of amides is 1. The summed E-state index contributed by atoms with van der Waals surface area (Å²) >= 11 is 1.65. The van der Waals surface area contributed by atoms with Gasteiger partial charge in [-0.2, -0.15) is 15.4 Å². The third kappa shape index (κ3) is 2.57. The maximum atomic E-state index is 11.5. The third-order valence-corrected chi connectivity index (χ3v) is 4.36. The third-order valence-electron chi connectivity index (χ3n) is 3.22. The molecule has 6 heteroatoms. The summed E-state index contributed by atoms with van der Waals surface area (Å²) in [7, 11) is 1.63. The quantitative estimate of drug-likeness (QED) is 0.781. The van der Waals surface area contributed by atoms with Gasteiger partial charge >= 0.3 is 0 Å². The smallest absolute Gasteiger partial charge is 0.251 e. The molecular formula is C15H14N4OS. The van der Waals surface area contributed by atoms with Crippen LogP contribution in [0, 0.1) is 6.92 Å². The van der Waals surface area contributed by atoms with Gasteiger partial charge in [0.1, 0.15) is 5.69 Å². The minimum atomic E-state index is -0.0772. The van der Waals surface area contributed by atoms with E-state index in [2.05, 4.69) is 26.8 Å². The fraction of sp³-hybridized carbons (Fsp3) is 0.133. The van der Waals surface area contributed by atoms with Crippen LogP contribution in [0.25, 0.3) is 21.0 Å². The largest absolute Gasteiger partial charge is 0.355 e. The number of aromatic nitrogens is 3. The van der Waals surface area contributed by atoms with Crippen LogP contribution in [0.3, 0.4) is 0 Å². The molecule has 0 aliphatic carbocycles. The Morgan fingerprint density at radius 3 is 2.43 bits per heavy atom. The molecule has 3 aromatic rings. The Labute approximate surface area is 126 Å². The van der Waals surface area contributed by atoms with Crippen LogP contribution in [0.15, 0.2) is 36.4 Å². The number of benzene rings is 1. The average Bonchev–Trinajstić information content (AvgIpc) is 3.15. The highest BCUT2D eigenvalue weighted by Crippen LogP contribution is 2.34. The lowest BCUT2D eigenvalue weighted by atomic mass is 10.1. The summed E-state index contributed by atoms with van der Waals surface area (Å²) in [5, 5.41) is 13.5. The van der Waals surface area contributed by atoms with Crippen molar-refractivity contribution >= 4 is 17.2 Å². The van der Waals surface area contributed by atoms with Crippen LogP contribution in [-0.4, -0.2) is 28.4 Å². The Morgan fingerprint density at radius 2 is 1.81 bits per heavy atom. The normalized spacial score (nSPS) is 10.6. The molecule has 2 heterocycles. The molecule has 0 aliphatic rings. The Morgan fingerprint density at radius 1 is 1.10 bits per heavy atom. The maximum Gasteiger partial charge on any atom is 0.251 e. The number of rotatable bonds is 3. The van der Waals surface area contributed by atoms with Gasteiger partial charge < -0.3 is 5.32 Å². The van der Waals surface area contributed by atoms with Crippen molar-refractivity contribution in [3.05, 3.63) is 47.7 Å². The van der Waals surface area contributed by atoms with Crippen molar-refractivity contribution < 1.29 is 4.79 Å². The van der Waals surface area contributed by atoms with E-state index in [-0.39, 0.29) is 5.91 Å². The summed E-state index contributed by atoms with van der Waals surface area (Å²) in [5.41, 5.74) is 3.51. The summed E-state index contributed by atoms with van der Waals surface area (Å²) in [6, 6.07) is 11.7. The van der Waals surface area contributed by atoms with Gasteiger partial charge in [0.15, 0.2) is 0 Å². The second-order valence-corrected chi connectivity index (χ2v) is 5.66. The summed E-state index contributed by atoms with van der Waals surface area (Å²) in [6.07, 6.45) is 0. The number of hydrogen-bond donors (Lipinski definition) is 2. The highest BCUT2D eigenvalue weighted by Gasteiger charge is 2.11. The first-order valence-electron chi connectivity index (χ1n) is 6.49. The Bertz CT molecular complexity index is 773. The van der Waals surface area contributed by atoms with Crippen molar-refractivity contribution in [2.45, 2.75) is 6.92 Å². The Balaban J connectivity index is 1.90. The lowest BCUT2D eigenvalue weighted by Gasteiger charge is -2.01. The van der Waals surface area contributed by atoms with Gasteiger partial charge in [-0.1, -0.05) is 12.1 Å². The molecule has 21 heavy (non-hydrogen) atoms.